The molecule has 0 unspecified atom stereocenters. The number of nitrogens with one attached hydrogen (secondary N) is 2. The number of pyridine rings is 1. The summed E-state index contributed by atoms with van der Waals surface area (Å²) in [4.78, 5) is 31.6. The average molecular weight is 427 g/mol. The van der Waals surface area contributed by atoms with E-state index in [4.69, 9.17) is 0 Å². The lowest BCUT2D eigenvalue weighted by Crippen LogP contribution is -2.50. The highest BCUT2D eigenvalue weighted by molar-refractivity contribution is 5.81. The first kappa shape index (κ1) is 22.7. The second-order valence-electron chi connectivity index (χ2n) is 8.12. The zero-order valence-corrected chi connectivity index (χ0v) is 18.2. The molecule has 3 rings (SSSR count). The number of likely N-dealkylation sites (tertiary alicyclic amines) is 1. The summed E-state index contributed by atoms with van der Waals surface area (Å²) in [5.41, 5.74) is 2.39. The maximum absolute atomic E-state index is 13.8. The van der Waals surface area contributed by atoms with Crippen molar-refractivity contribution >= 4 is 11.9 Å². The Morgan fingerprint density at radius 3 is 2.77 bits per heavy atom. The van der Waals surface area contributed by atoms with Crippen LogP contribution < -0.4 is 10.6 Å². The summed E-state index contributed by atoms with van der Waals surface area (Å²) in [6.45, 7) is 5.13. The van der Waals surface area contributed by atoms with Crippen molar-refractivity contribution in [2.24, 2.45) is 5.92 Å². The van der Waals surface area contributed by atoms with E-state index in [0.29, 0.717) is 38.0 Å². The van der Waals surface area contributed by atoms with Gasteiger partial charge in [0.2, 0.25) is 5.91 Å². The van der Waals surface area contributed by atoms with Crippen LogP contribution in [0.1, 0.15) is 55.3 Å². The summed E-state index contributed by atoms with van der Waals surface area (Å²) in [5, 5.41) is 5.93. The lowest BCUT2D eigenvalue weighted by molar-refractivity contribution is -0.126. The van der Waals surface area contributed by atoms with Gasteiger partial charge in [-0.15, -0.1) is 0 Å². The highest BCUT2D eigenvalue weighted by atomic mass is 19.1. The summed E-state index contributed by atoms with van der Waals surface area (Å²) in [7, 11) is 0. The van der Waals surface area contributed by atoms with Crippen LogP contribution in [0.15, 0.2) is 42.7 Å². The van der Waals surface area contributed by atoms with Crippen molar-refractivity contribution in [3.05, 3.63) is 65.2 Å². The third kappa shape index (κ3) is 6.03. The minimum atomic E-state index is -0.286. The molecule has 1 aliphatic rings. The van der Waals surface area contributed by atoms with Crippen molar-refractivity contribution < 1.29 is 14.0 Å². The standard InChI is InChI=1S/C24H31FN4O2/c1-3-4-12-27-24(31)29-16-20(23(30)28-15-18-6-5-11-26-14-18)8-10-22(29)19-7-9-21(25)17(2)13-19/h5-7,9,11,13-14,20,22H,3-4,8,10,12,15-16H2,1-2H3,(H,27,31)(H,28,30)/t20-,22+/m0/s1. The topological polar surface area (TPSA) is 74.3 Å². The Bertz CT molecular complexity index is 890. The van der Waals surface area contributed by atoms with Crippen LogP contribution in [0.2, 0.25) is 0 Å². The second kappa shape index (κ2) is 10.9. The van der Waals surface area contributed by atoms with Gasteiger partial charge in [-0.3, -0.25) is 9.78 Å². The number of amides is 3. The number of nitrogens with zero attached hydrogens (tertiary/aromatic N) is 2. The fourth-order valence-electron chi connectivity index (χ4n) is 3.94. The molecule has 31 heavy (non-hydrogen) atoms. The number of halogens is 1. The number of carbonyl (C=O) groups excluding carboxylic acids is 2. The van der Waals surface area contributed by atoms with Gasteiger partial charge >= 0.3 is 6.03 Å². The van der Waals surface area contributed by atoms with Crippen molar-refractivity contribution in [2.75, 3.05) is 13.1 Å². The first-order valence-corrected chi connectivity index (χ1v) is 11.0. The van der Waals surface area contributed by atoms with Gasteiger partial charge in [0, 0.05) is 32.0 Å². The largest absolute Gasteiger partial charge is 0.352 e. The summed E-state index contributed by atoms with van der Waals surface area (Å²) in [6.07, 6.45) is 6.62. The van der Waals surface area contributed by atoms with Crippen LogP contribution in [0.3, 0.4) is 0 Å². The summed E-state index contributed by atoms with van der Waals surface area (Å²) < 4.78 is 13.8. The van der Waals surface area contributed by atoms with Crippen LogP contribution in [0, 0.1) is 18.7 Å². The van der Waals surface area contributed by atoms with Crippen LogP contribution >= 0.6 is 0 Å². The zero-order chi connectivity index (χ0) is 22.2. The molecule has 1 aliphatic heterocycles. The highest BCUT2D eigenvalue weighted by Crippen LogP contribution is 2.34. The predicted octanol–water partition coefficient (Wildman–Crippen LogP) is 4.11. The minimum Gasteiger partial charge on any atom is -0.352 e. The third-order valence-electron chi connectivity index (χ3n) is 5.78. The van der Waals surface area contributed by atoms with Gasteiger partial charge in [-0.1, -0.05) is 31.5 Å². The van der Waals surface area contributed by atoms with Gasteiger partial charge in [0.05, 0.1) is 12.0 Å². The Hall–Kier alpha value is -2.96. The van der Waals surface area contributed by atoms with E-state index in [2.05, 4.69) is 22.5 Å². The Labute approximate surface area is 183 Å². The molecule has 2 aromatic rings. The molecular weight excluding hydrogens is 395 g/mol. The van der Waals surface area contributed by atoms with E-state index >= 15 is 0 Å². The molecule has 6 nitrogen and oxygen atoms in total. The number of hydrogen-bond donors (Lipinski definition) is 2. The number of hydrogen-bond acceptors (Lipinski definition) is 3. The lowest BCUT2D eigenvalue weighted by Gasteiger charge is -2.39. The van der Waals surface area contributed by atoms with E-state index in [9.17, 15) is 14.0 Å². The molecule has 1 saturated heterocycles. The Morgan fingerprint density at radius 1 is 1.23 bits per heavy atom. The van der Waals surface area contributed by atoms with Gasteiger partial charge < -0.3 is 15.5 Å². The molecule has 1 fully saturated rings. The van der Waals surface area contributed by atoms with Crippen molar-refractivity contribution in [2.45, 2.75) is 52.1 Å². The molecule has 1 aromatic heterocycles. The summed E-state index contributed by atoms with van der Waals surface area (Å²) >= 11 is 0. The SMILES string of the molecule is CCCCNC(=O)N1C[C@@H](C(=O)NCc2cccnc2)CC[C@@H]1c1ccc(F)c(C)c1. The van der Waals surface area contributed by atoms with E-state index < -0.39 is 0 Å². The Balaban J connectivity index is 1.71. The molecule has 2 heterocycles. The van der Waals surface area contributed by atoms with Gasteiger partial charge in [0.25, 0.3) is 0 Å². The van der Waals surface area contributed by atoms with E-state index in [-0.39, 0.29) is 29.7 Å². The van der Waals surface area contributed by atoms with Gasteiger partial charge in [0.15, 0.2) is 0 Å². The lowest BCUT2D eigenvalue weighted by atomic mass is 9.88. The molecule has 2 N–H and O–H groups in total. The molecule has 0 saturated carbocycles. The maximum atomic E-state index is 13.8. The van der Waals surface area contributed by atoms with E-state index in [1.807, 2.05) is 12.1 Å². The molecule has 7 heteroatoms. The average Bonchev–Trinajstić information content (AvgIpc) is 2.79. The summed E-state index contributed by atoms with van der Waals surface area (Å²) in [6, 6.07) is 8.38. The van der Waals surface area contributed by atoms with E-state index in [1.165, 1.54) is 6.07 Å². The molecule has 0 bridgehead atoms. The fraction of sp³-hybridized carbons (Fsp3) is 0.458. The molecule has 1 aromatic carbocycles. The van der Waals surface area contributed by atoms with Gasteiger partial charge in [-0.25, -0.2) is 9.18 Å². The molecule has 0 radical (unpaired) electrons. The van der Waals surface area contributed by atoms with E-state index in [0.717, 1.165) is 24.0 Å². The van der Waals surface area contributed by atoms with Crippen LogP contribution in [0.25, 0.3) is 0 Å². The van der Waals surface area contributed by atoms with Crippen LogP contribution in [0.5, 0.6) is 0 Å². The molecular formula is C24H31FN4O2. The highest BCUT2D eigenvalue weighted by Gasteiger charge is 2.35. The minimum absolute atomic E-state index is 0.0658. The third-order valence-corrected chi connectivity index (χ3v) is 5.78. The van der Waals surface area contributed by atoms with E-state index in [1.54, 1.807) is 36.4 Å². The zero-order valence-electron chi connectivity index (χ0n) is 18.2. The normalized spacial score (nSPS) is 18.5. The molecule has 3 amide bonds. The van der Waals surface area contributed by atoms with Crippen molar-refractivity contribution in [3.63, 3.8) is 0 Å². The molecule has 0 spiro atoms. The predicted molar refractivity (Wildman–Crippen MR) is 118 cm³/mol. The van der Waals surface area contributed by atoms with Crippen molar-refractivity contribution in [3.8, 4) is 0 Å². The molecule has 0 aliphatic carbocycles. The second-order valence-corrected chi connectivity index (χ2v) is 8.12. The number of rotatable bonds is 7. The van der Waals surface area contributed by atoms with Crippen LogP contribution in [-0.2, 0) is 11.3 Å². The Kier molecular flexibility index (Phi) is 7.98. The van der Waals surface area contributed by atoms with Gasteiger partial charge in [-0.2, -0.15) is 0 Å². The van der Waals surface area contributed by atoms with Gasteiger partial charge in [-0.05, 0) is 55.0 Å². The van der Waals surface area contributed by atoms with Gasteiger partial charge in [0.1, 0.15) is 5.82 Å². The monoisotopic (exact) mass is 426 g/mol. The first-order valence-electron chi connectivity index (χ1n) is 11.0. The number of benzene rings is 1. The number of piperidine rings is 1. The number of carbonyl (C=O) groups is 2. The van der Waals surface area contributed by atoms with Crippen LogP contribution in [-0.4, -0.2) is 34.9 Å². The molecule has 2 atom stereocenters. The maximum Gasteiger partial charge on any atom is 0.317 e. The number of unbranched alkanes of at least 4 members (excludes halogenated alkanes) is 1. The fourth-order valence-corrected chi connectivity index (χ4v) is 3.94. The number of aryl methyl sites for hydroxylation is 1. The van der Waals surface area contributed by atoms with Crippen molar-refractivity contribution in [1.82, 2.24) is 20.5 Å². The smallest absolute Gasteiger partial charge is 0.317 e. The first-order chi connectivity index (χ1) is 15.0. The summed E-state index contributed by atoms with van der Waals surface area (Å²) in [5.74, 6) is -0.610. The molecule has 166 valence electrons. The van der Waals surface area contributed by atoms with Crippen molar-refractivity contribution in [1.29, 1.82) is 0 Å². The van der Waals surface area contributed by atoms with Crippen LogP contribution in [0.4, 0.5) is 9.18 Å². The Morgan fingerprint density at radius 2 is 2.06 bits per heavy atom. The quantitative estimate of drug-likeness (QED) is 0.655. The number of urea groups is 1. The number of aromatic nitrogens is 1.